The lowest BCUT2D eigenvalue weighted by atomic mass is 10.2. The molecule has 1 amide bonds. The topological polar surface area (TPSA) is 94.2 Å². The number of carbonyl (C=O) groups excluding carboxylic acids is 1. The van der Waals surface area contributed by atoms with Gasteiger partial charge in [0.05, 0.1) is 0 Å². The predicted molar refractivity (Wildman–Crippen MR) is 97.8 cm³/mol. The normalized spacial score (nSPS) is 12.5. The van der Waals surface area contributed by atoms with Crippen molar-refractivity contribution in [2.24, 2.45) is 0 Å². The summed E-state index contributed by atoms with van der Waals surface area (Å²) in [4.78, 5) is 32.6. The van der Waals surface area contributed by atoms with E-state index in [9.17, 15) is 14.0 Å². The summed E-state index contributed by atoms with van der Waals surface area (Å²) in [5.74, 6) is -0.873. The first-order valence-electron chi connectivity index (χ1n) is 7.95. The Bertz CT molecular complexity index is 999. The fourth-order valence-electron chi connectivity index (χ4n) is 2.52. The van der Waals surface area contributed by atoms with Gasteiger partial charge in [-0.05, 0) is 12.1 Å². The lowest BCUT2D eigenvalue weighted by Gasteiger charge is -2.12. The Labute approximate surface area is 150 Å². The van der Waals surface area contributed by atoms with E-state index in [1.54, 1.807) is 10.6 Å². The van der Waals surface area contributed by atoms with Crippen LogP contribution < -0.4 is 10.9 Å². The molecule has 3 heterocycles. The van der Waals surface area contributed by atoms with Crippen LogP contribution in [0.2, 0.25) is 0 Å². The van der Waals surface area contributed by atoms with Gasteiger partial charge < -0.3 is 5.32 Å². The van der Waals surface area contributed by atoms with Crippen LogP contribution in [0.25, 0.3) is 5.52 Å². The number of rotatable bonds is 5. The van der Waals surface area contributed by atoms with Crippen molar-refractivity contribution >= 4 is 26.5 Å². The van der Waals surface area contributed by atoms with Gasteiger partial charge in [-0.3, -0.25) is 14.0 Å². The van der Waals surface area contributed by atoms with E-state index in [-0.39, 0.29) is 18.0 Å². The Morgan fingerprint density at radius 1 is 1.42 bits per heavy atom. The highest BCUT2D eigenvalue weighted by Crippen LogP contribution is 2.26. The Morgan fingerprint density at radius 3 is 2.81 bits per heavy atom. The molecule has 136 valence electrons. The molecule has 0 bridgehead atoms. The molecule has 10 heteroatoms. The Balaban J connectivity index is 1.99. The summed E-state index contributed by atoms with van der Waals surface area (Å²) in [6.45, 7) is 3.54. The first kappa shape index (κ1) is 18.1. The quantitative estimate of drug-likeness (QED) is 0.687. The number of fused-ring (bicyclic) bond motifs is 1. The summed E-state index contributed by atoms with van der Waals surface area (Å²) in [5, 5.41) is 6.88. The maximum atomic E-state index is 13.6. The molecule has 8 nitrogen and oxygen atoms in total. The van der Waals surface area contributed by atoms with E-state index in [0.29, 0.717) is 17.2 Å². The number of anilines is 1. The second-order valence-corrected chi connectivity index (χ2v) is 6.63. The molecule has 0 saturated heterocycles. The molecule has 26 heavy (non-hydrogen) atoms. The van der Waals surface area contributed by atoms with Gasteiger partial charge in [-0.2, -0.15) is 5.10 Å². The van der Waals surface area contributed by atoms with Gasteiger partial charge in [0.25, 0.3) is 5.56 Å². The molecule has 3 aromatic rings. The molecule has 0 aromatic carbocycles. The number of amides is 1. The van der Waals surface area contributed by atoms with E-state index in [4.69, 9.17) is 0 Å². The van der Waals surface area contributed by atoms with Crippen LogP contribution in [0.4, 0.5) is 10.2 Å². The molecule has 0 aliphatic heterocycles. The van der Waals surface area contributed by atoms with E-state index in [2.05, 4.69) is 29.6 Å². The highest BCUT2D eigenvalue weighted by Gasteiger charge is 2.18. The van der Waals surface area contributed by atoms with Crippen LogP contribution in [0.15, 0.2) is 35.6 Å². The van der Waals surface area contributed by atoms with Crippen LogP contribution in [0.1, 0.15) is 37.1 Å². The minimum Gasteiger partial charge on any atom is -0.309 e. The summed E-state index contributed by atoms with van der Waals surface area (Å²) < 4.78 is 16.3. The van der Waals surface area contributed by atoms with E-state index < -0.39 is 17.4 Å². The molecule has 3 aromatic heterocycles. The highest BCUT2D eigenvalue weighted by molar-refractivity contribution is 7.16. The van der Waals surface area contributed by atoms with Gasteiger partial charge in [0.15, 0.2) is 0 Å². The molecule has 0 fully saturated rings. The number of alkyl halides is 1. The average molecular weight is 376 g/mol. The third kappa shape index (κ3) is 3.62. The second kappa shape index (κ2) is 7.29. The molecule has 3 rings (SSSR count). The van der Waals surface area contributed by atoms with Gasteiger partial charge in [0, 0.05) is 23.9 Å². The molecule has 0 radical (unpaired) electrons. The molecule has 0 spiro atoms. The molecular formula is C16H18FN6O2P. The van der Waals surface area contributed by atoms with Crippen molar-refractivity contribution in [3.8, 4) is 0 Å². The smallest absolute Gasteiger partial charge is 0.291 e. The Morgan fingerprint density at radius 2 is 2.19 bits per heavy atom. The van der Waals surface area contributed by atoms with Crippen molar-refractivity contribution in [1.29, 1.82) is 0 Å². The zero-order valence-corrected chi connectivity index (χ0v) is 15.4. The monoisotopic (exact) mass is 376 g/mol. The van der Waals surface area contributed by atoms with Gasteiger partial charge in [0.2, 0.25) is 5.91 Å². The minimum absolute atomic E-state index is 0.0305. The van der Waals surface area contributed by atoms with Gasteiger partial charge >= 0.3 is 0 Å². The summed E-state index contributed by atoms with van der Waals surface area (Å²) in [5.41, 5.74) is 0.168. The largest absolute Gasteiger partial charge is 0.309 e. The van der Waals surface area contributed by atoms with Gasteiger partial charge in [-0.15, -0.1) is 0 Å². The van der Waals surface area contributed by atoms with Crippen LogP contribution in [0.5, 0.6) is 0 Å². The molecule has 0 saturated carbocycles. The summed E-state index contributed by atoms with van der Waals surface area (Å²) >= 11 is 0. The molecule has 0 aliphatic rings. The molecule has 2 unspecified atom stereocenters. The van der Waals surface area contributed by atoms with Crippen molar-refractivity contribution in [1.82, 2.24) is 24.1 Å². The third-order valence-corrected chi connectivity index (χ3v) is 4.13. The van der Waals surface area contributed by atoms with E-state index in [1.165, 1.54) is 24.7 Å². The first-order chi connectivity index (χ1) is 12.4. The number of hydrogen-bond donors (Lipinski definition) is 1. The van der Waals surface area contributed by atoms with Crippen molar-refractivity contribution in [3.05, 3.63) is 52.6 Å². The first-order valence-corrected chi connectivity index (χ1v) is 8.62. The fraction of sp³-hybridized carbons (Fsp3) is 0.312. The van der Waals surface area contributed by atoms with Gasteiger partial charge in [-0.25, -0.2) is 19.0 Å². The van der Waals surface area contributed by atoms with Crippen LogP contribution in [-0.2, 0) is 11.3 Å². The second-order valence-electron chi connectivity index (χ2n) is 6.05. The van der Waals surface area contributed by atoms with Crippen molar-refractivity contribution in [3.63, 3.8) is 0 Å². The Hall–Kier alpha value is -2.67. The predicted octanol–water partition coefficient (Wildman–Crippen LogP) is 1.89. The van der Waals surface area contributed by atoms with Crippen molar-refractivity contribution < 1.29 is 9.18 Å². The summed E-state index contributed by atoms with van der Waals surface area (Å²) in [7, 11) is 2.05. The molecule has 2 atom stereocenters. The number of halogens is 1. The van der Waals surface area contributed by atoms with Crippen molar-refractivity contribution in [2.75, 3.05) is 5.32 Å². The van der Waals surface area contributed by atoms with Crippen LogP contribution in [-0.4, -0.2) is 30.1 Å². The van der Waals surface area contributed by atoms with Gasteiger partial charge in [0.1, 0.15) is 35.9 Å². The van der Waals surface area contributed by atoms with Crippen LogP contribution in [0.3, 0.4) is 0 Å². The zero-order valence-electron chi connectivity index (χ0n) is 14.3. The summed E-state index contributed by atoms with van der Waals surface area (Å²) in [6.07, 6.45) is 4.36. The van der Waals surface area contributed by atoms with Crippen LogP contribution >= 0.6 is 9.24 Å². The van der Waals surface area contributed by atoms with Crippen molar-refractivity contribution in [2.45, 2.75) is 32.2 Å². The third-order valence-electron chi connectivity index (χ3n) is 3.74. The maximum absolute atomic E-state index is 13.6. The van der Waals surface area contributed by atoms with E-state index >= 15 is 0 Å². The number of nitrogens with zero attached hydrogens (tertiary/aromatic N) is 5. The van der Waals surface area contributed by atoms with Gasteiger partial charge in [-0.1, -0.05) is 23.1 Å². The number of carbonyl (C=O) groups is 1. The molecule has 1 N–H and O–H groups in total. The average Bonchev–Trinajstić information content (AvgIpc) is 3.04. The Kier molecular flexibility index (Phi) is 5.08. The number of hydrogen-bond acceptors (Lipinski definition) is 5. The number of nitrogens with one attached hydrogen (secondary N) is 1. The van der Waals surface area contributed by atoms with E-state index in [1.807, 2.05) is 13.8 Å². The van der Waals surface area contributed by atoms with E-state index in [0.717, 1.165) is 4.68 Å². The minimum atomic E-state index is -1.29. The SMILES string of the molecule is CC(C)c1nn(CC(=O)Nc2ccncn2)c(=O)c2cc(C(F)P)cn12. The molecule has 0 aliphatic carbocycles. The van der Waals surface area contributed by atoms with Crippen LogP contribution in [0, 0.1) is 0 Å². The standard InChI is InChI=1S/C16H18FN6O2P/c1-9(2)15-21-23(7-13(24)20-12-3-4-18-8-19-12)16(25)11-5-10(14(17)26)6-22(11)15/h3-6,8-9,14H,7,26H2,1-2H3,(H,18,19,20,24). The lowest BCUT2D eigenvalue weighted by molar-refractivity contribution is -0.117. The fourth-order valence-corrected chi connectivity index (χ4v) is 2.70. The summed E-state index contributed by atoms with van der Waals surface area (Å²) in [6, 6.07) is 3.02. The highest BCUT2D eigenvalue weighted by atomic mass is 31.0. The molecular weight excluding hydrogens is 358 g/mol. The maximum Gasteiger partial charge on any atom is 0.291 e. The number of aromatic nitrogens is 5. The zero-order chi connectivity index (χ0) is 18.8. The lowest BCUT2D eigenvalue weighted by Crippen LogP contribution is -2.32.